The van der Waals surface area contributed by atoms with Crippen LogP contribution in [0.2, 0.25) is 0 Å². The highest BCUT2D eigenvalue weighted by atomic mass is 16.5. The molecule has 0 bridgehead atoms. The molecular weight excluding hydrogens is 184 g/mol. The van der Waals surface area contributed by atoms with E-state index in [0.717, 1.165) is 0 Å². The van der Waals surface area contributed by atoms with E-state index in [-0.39, 0.29) is 29.7 Å². The topological polar surface area (TPSA) is 52.6 Å². The molecule has 0 aliphatic carbocycles. The van der Waals surface area contributed by atoms with Gasteiger partial charge in [0.2, 0.25) is 0 Å². The van der Waals surface area contributed by atoms with Gasteiger partial charge in [0.15, 0.2) is 0 Å². The molecule has 3 atom stereocenters. The molecule has 0 saturated carbocycles. The maximum atomic E-state index is 11.2. The Morgan fingerprint density at radius 3 is 1.36 bits per heavy atom. The summed E-state index contributed by atoms with van der Waals surface area (Å²) in [7, 11) is 2.68. The summed E-state index contributed by atoms with van der Waals surface area (Å²) in [5.74, 6) is -1.28. The fourth-order valence-electron chi connectivity index (χ4n) is 1.23. The van der Waals surface area contributed by atoms with Crippen LogP contribution < -0.4 is 0 Å². The maximum absolute atomic E-state index is 11.2. The third-order valence-electron chi connectivity index (χ3n) is 2.72. The van der Waals surface area contributed by atoms with E-state index < -0.39 is 0 Å². The highest BCUT2D eigenvalue weighted by Crippen LogP contribution is 2.22. The Balaban J connectivity index is 4.37. The van der Waals surface area contributed by atoms with Gasteiger partial charge in [0.25, 0.3) is 0 Å². The minimum absolute atomic E-state index is 0.0881. The van der Waals surface area contributed by atoms with Crippen LogP contribution in [0.15, 0.2) is 0 Å². The molecular formula is C10H18O4. The lowest BCUT2D eigenvalue weighted by atomic mass is 9.85. The molecule has 82 valence electrons. The summed E-state index contributed by atoms with van der Waals surface area (Å²) in [6.07, 6.45) is 0. The number of rotatable bonds is 4. The monoisotopic (exact) mass is 202 g/mol. The van der Waals surface area contributed by atoms with Crippen LogP contribution >= 0.6 is 0 Å². The van der Waals surface area contributed by atoms with Crippen LogP contribution in [0.4, 0.5) is 0 Å². The van der Waals surface area contributed by atoms with Gasteiger partial charge < -0.3 is 9.47 Å². The largest absolute Gasteiger partial charge is 0.469 e. The molecule has 0 aliphatic rings. The zero-order valence-electron chi connectivity index (χ0n) is 9.37. The van der Waals surface area contributed by atoms with E-state index in [2.05, 4.69) is 9.47 Å². The quantitative estimate of drug-likeness (QED) is 0.644. The van der Waals surface area contributed by atoms with Crippen molar-refractivity contribution in [3.8, 4) is 0 Å². The summed E-state index contributed by atoms with van der Waals surface area (Å²) in [6.45, 7) is 5.33. The molecule has 4 nitrogen and oxygen atoms in total. The van der Waals surface area contributed by atoms with Crippen LogP contribution in [0.5, 0.6) is 0 Å². The summed E-state index contributed by atoms with van der Waals surface area (Å²) in [6, 6.07) is 0. The van der Waals surface area contributed by atoms with Crippen molar-refractivity contribution >= 4 is 11.9 Å². The number of ether oxygens (including phenoxy) is 2. The highest BCUT2D eigenvalue weighted by Gasteiger charge is 2.30. The van der Waals surface area contributed by atoms with Gasteiger partial charge in [-0.15, -0.1) is 0 Å². The van der Waals surface area contributed by atoms with Crippen LogP contribution in [-0.4, -0.2) is 26.2 Å². The zero-order chi connectivity index (χ0) is 11.3. The second kappa shape index (κ2) is 5.62. The molecule has 0 N–H and O–H groups in total. The van der Waals surface area contributed by atoms with E-state index >= 15 is 0 Å². The normalized spacial score (nSPS) is 16.6. The Hall–Kier alpha value is -1.06. The van der Waals surface area contributed by atoms with Gasteiger partial charge in [0, 0.05) is 0 Å². The predicted molar refractivity (Wildman–Crippen MR) is 51.5 cm³/mol. The van der Waals surface area contributed by atoms with Gasteiger partial charge in [-0.25, -0.2) is 0 Å². The molecule has 0 aromatic rings. The summed E-state index contributed by atoms with van der Waals surface area (Å²) in [5, 5.41) is 0. The lowest BCUT2D eigenvalue weighted by molar-refractivity contribution is -0.151. The number of carbonyl (C=O) groups excluding carboxylic acids is 2. The third-order valence-corrected chi connectivity index (χ3v) is 2.72. The molecule has 0 radical (unpaired) electrons. The van der Waals surface area contributed by atoms with Gasteiger partial charge in [-0.2, -0.15) is 0 Å². The minimum Gasteiger partial charge on any atom is -0.469 e. The van der Waals surface area contributed by atoms with Gasteiger partial charge in [-0.1, -0.05) is 20.8 Å². The second-order valence-electron chi connectivity index (χ2n) is 3.48. The molecule has 0 saturated heterocycles. The van der Waals surface area contributed by atoms with E-state index in [1.54, 1.807) is 13.8 Å². The van der Waals surface area contributed by atoms with Crippen LogP contribution in [0, 0.1) is 17.8 Å². The predicted octanol–water partition coefficient (Wildman–Crippen LogP) is 1.24. The van der Waals surface area contributed by atoms with Crippen molar-refractivity contribution in [1.82, 2.24) is 0 Å². The van der Waals surface area contributed by atoms with E-state index in [0.29, 0.717) is 0 Å². The SMILES string of the molecule is COC(=O)[C@@H](C)C(C)[C@@H](C)C(=O)OC. The van der Waals surface area contributed by atoms with Gasteiger partial charge >= 0.3 is 11.9 Å². The molecule has 0 rings (SSSR count). The van der Waals surface area contributed by atoms with E-state index in [1.807, 2.05) is 6.92 Å². The first-order chi connectivity index (χ1) is 6.45. The van der Waals surface area contributed by atoms with Crippen LogP contribution in [0.1, 0.15) is 20.8 Å². The molecule has 4 heteroatoms. The molecule has 1 unspecified atom stereocenters. The zero-order valence-corrected chi connectivity index (χ0v) is 9.37. The average Bonchev–Trinajstić information content (AvgIpc) is 2.23. The third kappa shape index (κ3) is 3.01. The van der Waals surface area contributed by atoms with Crippen molar-refractivity contribution in [2.45, 2.75) is 20.8 Å². The Bertz CT molecular complexity index is 190. The fraction of sp³-hybridized carbons (Fsp3) is 0.800. The number of esters is 2. The number of carbonyl (C=O) groups is 2. The molecule has 14 heavy (non-hydrogen) atoms. The molecule has 0 amide bonds. The first-order valence-electron chi connectivity index (χ1n) is 4.61. The van der Waals surface area contributed by atoms with Gasteiger partial charge in [0.1, 0.15) is 0 Å². The first kappa shape index (κ1) is 12.9. The highest BCUT2D eigenvalue weighted by molar-refractivity contribution is 5.76. The van der Waals surface area contributed by atoms with Crippen molar-refractivity contribution < 1.29 is 19.1 Å². The Kier molecular flexibility index (Phi) is 5.20. The summed E-state index contributed by atoms with van der Waals surface area (Å²) >= 11 is 0. The summed E-state index contributed by atoms with van der Waals surface area (Å²) in [4.78, 5) is 22.4. The molecule has 0 aromatic carbocycles. The smallest absolute Gasteiger partial charge is 0.308 e. The van der Waals surface area contributed by atoms with Crippen LogP contribution in [0.3, 0.4) is 0 Å². The van der Waals surface area contributed by atoms with Crippen molar-refractivity contribution in [2.75, 3.05) is 14.2 Å². The van der Waals surface area contributed by atoms with Crippen LogP contribution in [0.25, 0.3) is 0 Å². The van der Waals surface area contributed by atoms with E-state index in [1.165, 1.54) is 14.2 Å². The fourth-order valence-corrected chi connectivity index (χ4v) is 1.23. The summed E-state index contributed by atoms with van der Waals surface area (Å²) < 4.78 is 9.21. The Labute approximate surface area is 84.6 Å². The Morgan fingerprint density at radius 1 is 0.857 bits per heavy atom. The van der Waals surface area contributed by atoms with E-state index in [4.69, 9.17) is 0 Å². The summed E-state index contributed by atoms with van der Waals surface area (Å²) in [5.41, 5.74) is 0. The van der Waals surface area contributed by atoms with Crippen molar-refractivity contribution in [3.05, 3.63) is 0 Å². The first-order valence-corrected chi connectivity index (χ1v) is 4.61. The van der Waals surface area contributed by atoms with E-state index in [9.17, 15) is 9.59 Å². The average molecular weight is 202 g/mol. The van der Waals surface area contributed by atoms with Crippen molar-refractivity contribution in [2.24, 2.45) is 17.8 Å². The lowest BCUT2D eigenvalue weighted by Crippen LogP contribution is -2.29. The minimum atomic E-state index is -0.298. The second-order valence-corrected chi connectivity index (χ2v) is 3.48. The lowest BCUT2D eigenvalue weighted by Gasteiger charge is -2.22. The van der Waals surface area contributed by atoms with Crippen molar-refractivity contribution in [3.63, 3.8) is 0 Å². The Morgan fingerprint density at radius 2 is 1.14 bits per heavy atom. The molecule has 0 fully saturated rings. The van der Waals surface area contributed by atoms with Crippen LogP contribution in [-0.2, 0) is 19.1 Å². The molecule has 0 aliphatic heterocycles. The molecule has 0 heterocycles. The molecule has 0 aromatic heterocycles. The standard InChI is InChI=1S/C10H18O4/c1-6(7(2)9(11)13-4)8(3)10(12)14-5/h6-8H,1-5H3/t6?,7-,8+. The maximum Gasteiger partial charge on any atom is 0.308 e. The number of methoxy groups -OCH3 is 2. The van der Waals surface area contributed by atoms with Gasteiger partial charge in [-0.3, -0.25) is 9.59 Å². The van der Waals surface area contributed by atoms with Gasteiger partial charge in [-0.05, 0) is 5.92 Å². The number of hydrogen-bond donors (Lipinski definition) is 0. The molecule has 0 spiro atoms. The van der Waals surface area contributed by atoms with Gasteiger partial charge in [0.05, 0.1) is 26.1 Å². The number of hydrogen-bond acceptors (Lipinski definition) is 4. The van der Waals surface area contributed by atoms with Crippen molar-refractivity contribution in [1.29, 1.82) is 0 Å².